The number of hydrogen-bond donors (Lipinski definition) is 1. The minimum Gasteiger partial charge on any atom is -0.304 e. The summed E-state index contributed by atoms with van der Waals surface area (Å²) in [5.41, 5.74) is 3.42. The molecule has 8 nitrogen and oxygen atoms in total. The van der Waals surface area contributed by atoms with Crippen LogP contribution in [0, 0.1) is 13.8 Å². The van der Waals surface area contributed by atoms with Crippen molar-refractivity contribution < 1.29 is 4.79 Å². The second-order valence-electron chi connectivity index (χ2n) is 6.09. The highest BCUT2D eigenvalue weighted by Gasteiger charge is 2.15. The third-order valence-corrected chi connectivity index (χ3v) is 3.96. The summed E-state index contributed by atoms with van der Waals surface area (Å²) in [5.74, 6) is 0.552. The number of hydrogen-bond acceptors (Lipinski definition) is 5. The lowest BCUT2D eigenvalue weighted by Crippen LogP contribution is -2.18. The van der Waals surface area contributed by atoms with Gasteiger partial charge in [0.05, 0.1) is 6.54 Å². The molecule has 0 bridgehead atoms. The molecule has 0 aliphatic rings. The third-order valence-electron chi connectivity index (χ3n) is 3.96. The number of carbonyl (C=O) groups is 1. The van der Waals surface area contributed by atoms with Crippen molar-refractivity contribution in [2.75, 3.05) is 5.32 Å². The van der Waals surface area contributed by atoms with Gasteiger partial charge in [0.2, 0.25) is 0 Å². The molecule has 0 saturated carbocycles. The number of aromatic nitrogens is 6. The molecule has 4 rings (SSSR count). The van der Waals surface area contributed by atoms with E-state index < -0.39 is 0 Å². The Morgan fingerprint density at radius 2 is 1.96 bits per heavy atom. The van der Waals surface area contributed by atoms with E-state index in [1.54, 1.807) is 16.8 Å². The van der Waals surface area contributed by atoms with E-state index >= 15 is 0 Å². The van der Waals surface area contributed by atoms with E-state index in [1.165, 1.54) is 16.4 Å². The summed E-state index contributed by atoms with van der Waals surface area (Å²) in [6.45, 7) is 4.50. The predicted octanol–water partition coefficient (Wildman–Crippen LogP) is 2.24. The van der Waals surface area contributed by atoms with Crippen molar-refractivity contribution in [3.05, 3.63) is 71.4 Å². The van der Waals surface area contributed by atoms with Gasteiger partial charge in [-0.25, -0.2) is 4.98 Å². The van der Waals surface area contributed by atoms with Gasteiger partial charge in [-0.15, -0.1) is 0 Å². The van der Waals surface area contributed by atoms with Crippen molar-refractivity contribution in [1.82, 2.24) is 29.4 Å². The summed E-state index contributed by atoms with van der Waals surface area (Å²) in [6.07, 6.45) is 3.20. The number of rotatable bonds is 4. The molecule has 0 fully saturated rings. The molecule has 1 amide bonds. The fourth-order valence-corrected chi connectivity index (χ4v) is 2.67. The molecule has 1 aromatic carbocycles. The first-order chi connectivity index (χ1) is 12.6. The highest BCUT2D eigenvalue weighted by atomic mass is 16.2. The van der Waals surface area contributed by atoms with Gasteiger partial charge in [0.1, 0.15) is 12.0 Å². The van der Waals surface area contributed by atoms with Crippen LogP contribution in [0.2, 0.25) is 0 Å². The molecule has 0 saturated heterocycles. The second kappa shape index (κ2) is 6.40. The Morgan fingerprint density at radius 3 is 2.77 bits per heavy atom. The average molecular weight is 347 g/mol. The molecule has 3 heterocycles. The van der Waals surface area contributed by atoms with Crippen LogP contribution in [0.5, 0.6) is 0 Å². The highest BCUT2D eigenvalue weighted by Crippen LogP contribution is 2.11. The van der Waals surface area contributed by atoms with Crippen LogP contribution in [0.15, 0.2) is 48.9 Å². The van der Waals surface area contributed by atoms with Crippen LogP contribution in [0.25, 0.3) is 5.78 Å². The molecule has 1 N–H and O–H groups in total. The number of carbonyl (C=O) groups excluding carboxylic acids is 1. The molecule has 3 aromatic heterocycles. The third kappa shape index (κ3) is 3.16. The largest absolute Gasteiger partial charge is 0.304 e. The zero-order valence-electron chi connectivity index (χ0n) is 14.4. The number of anilines is 1. The Hall–Kier alpha value is -3.55. The van der Waals surface area contributed by atoms with Crippen LogP contribution in [0.3, 0.4) is 0 Å². The molecule has 0 aliphatic heterocycles. The quantitative estimate of drug-likeness (QED) is 0.611. The first-order valence-corrected chi connectivity index (χ1v) is 8.16. The lowest BCUT2D eigenvalue weighted by atomic mass is 10.1. The minimum atomic E-state index is -0.313. The molecule has 0 unspecified atom stereocenters. The van der Waals surface area contributed by atoms with Crippen LogP contribution in [0.1, 0.15) is 27.3 Å². The standard InChI is InChI=1S/C18H17N7O/c1-12-3-5-14(6-4-12)10-24-8-7-16(23-24)22-17(26)15-9-13(2)21-18-19-11-20-25(15)18/h3-9,11H,10H2,1-2H3,(H,22,23,26). The summed E-state index contributed by atoms with van der Waals surface area (Å²) in [4.78, 5) is 20.9. The van der Waals surface area contributed by atoms with E-state index in [4.69, 9.17) is 0 Å². The van der Waals surface area contributed by atoms with E-state index in [0.717, 1.165) is 5.56 Å². The molecule has 0 spiro atoms. The monoisotopic (exact) mass is 347 g/mol. The molecule has 4 aromatic rings. The summed E-state index contributed by atoms with van der Waals surface area (Å²) in [7, 11) is 0. The summed E-state index contributed by atoms with van der Waals surface area (Å²) in [6, 6.07) is 11.7. The van der Waals surface area contributed by atoms with Crippen molar-refractivity contribution in [2.24, 2.45) is 0 Å². The van der Waals surface area contributed by atoms with Gasteiger partial charge in [-0.2, -0.15) is 19.7 Å². The van der Waals surface area contributed by atoms with Crippen LogP contribution < -0.4 is 5.32 Å². The van der Waals surface area contributed by atoms with Gasteiger partial charge in [-0.1, -0.05) is 29.8 Å². The predicted molar refractivity (Wildman–Crippen MR) is 96.0 cm³/mol. The first kappa shape index (κ1) is 15.9. The van der Waals surface area contributed by atoms with Crippen molar-refractivity contribution in [3.8, 4) is 0 Å². The highest BCUT2D eigenvalue weighted by molar-refractivity contribution is 6.02. The van der Waals surface area contributed by atoms with Crippen molar-refractivity contribution >= 4 is 17.5 Å². The minimum absolute atomic E-state index is 0.313. The molecule has 0 aliphatic carbocycles. The van der Waals surface area contributed by atoms with Gasteiger partial charge >= 0.3 is 0 Å². The molecular weight excluding hydrogens is 330 g/mol. The van der Waals surface area contributed by atoms with Crippen LogP contribution in [-0.4, -0.2) is 35.3 Å². The second-order valence-corrected chi connectivity index (χ2v) is 6.09. The van der Waals surface area contributed by atoms with E-state index in [1.807, 2.05) is 13.1 Å². The number of amides is 1. The Labute approximate surface area is 149 Å². The van der Waals surface area contributed by atoms with Gasteiger partial charge in [-0.05, 0) is 25.5 Å². The summed E-state index contributed by atoms with van der Waals surface area (Å²) < 4.78 is 3.19. The number of nitrogens with one attached hydrogen (secondary N) is 1. The molecule has 0 atom stereocenters. The zero-order chi connectivity index (χ0) is 18.1. The normalized spacial score (nSPS) is 11.0. The van der Waals surface area contributed by atoms with E-state index in [-0.39, 0.29) is 5.91 Å². The Morgan fingerprint density at radius 1 is 1.15 bits per heavy atom. The first-order valence-electron chi connectivity index (χ1n) is 8.16. The maximum Gasteiger partial charge on any atom is 0.275 e. The maximum atomic E-state index is 12.6. The molecule has 130 valence electrons. The summed E-state index contributed by atoms with van der Waals surface area (Å²) in [5, 5.41) is 11.2. The number of benzene rings is 1. The zero-order valence-corrected chi connectivity index (χ0v) is 14.4. The van der Waals surface area contributed by atoms with E-state index in [2.05, 4.69) is 56.7 Å². The Balaban J connectivity index is 1.52. The van der Waals surface area contributed by atoms with Gasteiger partial charge in [0, 0.05) is 18.0 Å². The smallest absolute Gasteiger partial charge is 0.275 e. The lowest BCUT2D eigenvalue weighted by molar-refractivity contribution is 0.101. The molecule has 0 radical (unpaired) electrons. The van der Waals surface area contributed by atoms with E-state index in [9.17, 15) is 4.79 Å². The van der Waals surface area contributed by atoms with Gasteiger partial charge in [0.25, 0.3) is 11.7 Å². The van der Waals surface area contributed by atoms with E-state index in [0.29, 0.717) is 29.5 Å². The van der Waals surface area contributed by atoms with Gasteiger partial charge in [0.15, 0.2) is 5.82 Å². The fraction of sp³-hybridized carbons (Fsp3) is 0.167. The van der Waals surface area contributed by atoms with Gasteiger partial charge in [-0.3, -0.25) is 9.48 Å². The van der Waals surface area contributed by atoms with Crippen molar-refractivity contribution in [2.45, 2.75) is 20.4 Å². The SMILES string of the molecule is Cc1ccc(Cn2ccc(NC(=O)c3cc(C)nc4ncnn34)n2)cc1. The van der Waals surface area contributed by atoms with Crippen LogP contribution >= 0.6 is 0 Å². The Bertz CT molecular complexity index is 1080. The summed E-state index contributed by atoms with van der Waals surface area (Å²) >= 11 is 0. The van der Waals surface area contributed by atoms with Crippen LogP contribution in [-0.2, 0) is 6.54 Å². The lowest BCUT2D eigenvalue weighted by Gasteiger charge is -2.05. The molecular formula is C18H17N7O. The van der Waals surface area contributed by atoms with Crippen molar-refractivity contribution in [3.63, 3.8) is 0 Å². The molecule has 8 heteroatoms. The number of nitrogens with zero attached hydrogens (tertiary/aromatic N) is 6. The molecule has 26 heavy (non-hydrogen) atoms. The average Bonchev–Trinajstić information content (AvgIpc) is 3.25. The number of aryl methyl sites for hydroxylation is 2. The topological polar surface area (TPSA) is 90.0 Å². The number of fused-ring (bicyclic) bond motifs is 1. The maximum absolute atomic E-state index is 12.6. The Kier molecular flexibility index (Phi) is 3.92. The van der Waals surface area contributed by atoms with Gasteiger partial charge < -0.3 is 5.32 Å². The van der Waals surface area contributed by atoms with Crippen molar-refractivity contribution in [1.29, 1.82) is 0 Å². The van der Waals surface area contributed by atoms with Crippen LogP contribution in [0.4, 0.5) is 5.82 Å². The fourth-order valence-electron chi connectivity index (χ4n) is 2.67.